The number of H-pyrrole nitrogens is 1. The van der Waals surface area contributed by atoms with Crippen LogP contribution in [0.15, 0.2) is 24.4 Å². The molecule has 1 heteroatoms. The van der Waals surface area contributed by atoms with Crippen LogP contribution in [0.5, 0.6) is 0 Å². The van der Waals surface area contributed by atoms with Gasteiger partial charge in [-0.25, -0.2) is 0 Å². The number of aromatic nitrogens is 1. The molecule has 1 nitrogen and oxygen atoms in total. The first kappa shape index (κ1) is 7.41. The summed E-state index contributed by atoms with van der Waals surface area (Å²) in [7, 11) is 0. The lowest BCUT2D eigenvalue weighted by Crippen LogP contribution is -1.78. The van der Waals surface area contributed by atoms with Gasteiger partial charge in [-0.3, -0.25) is 0 Å². The number of hydrogen-bond donors (Lipinski definition) is 1. The van der Waals surface area contributed by atoms with Gasteiger partial charge in [0.25, 0.3) is 0 Å². The number of aromatic amines is 1. The minimum atomic E-state index is 1.11. The Morgan fingerprint density at radius 3 is 2.92 bits per heavy atom. The van der Waals surface area contributed by atoms with Gasteiger partial charge in [-0.05, 0) is 30.5 Å². The number of benzene rings is 1. The Kier molecular flexibility index (Phi) is 1.65. The largest absolute Gasteiger partial charge is 0.361 e. The van der Waals surface area contributed by atoms with Crippen molar-refractivity contribution in [3.05, 3.63) is 35.5 Å². The summed E-state index contributed by atoms with van der Waals surface area (Å²) < 4.78 is 0. The Morgan fingerprint density at radius 2 is 2.17 bits per heavy atom. The van der Waals surface area contributed by atoms with E-state index in [0.717, 1.165) is 6.42 Å². The molecule has 0 unspecified atom stereocenters. The van der Waals surface area contributed by atoms with Crippen LogP contribution in [0.4, 0.5) is 0 Å². The van der Waals surface area contributed by atoms with E-state index in [9.17, 15) is 0 Å². The second-order valence-electron chi connectivity index (χ2n) is 3.21. The third kappa shape index (κ3) is 1.02. The highest BCUT2D eigenvalue weighted by molar-refractivity contribution is 5.83. The van der Waals surface area contributed by atoms with Crippen LogP contribution in [-0.4, -0.2) is 4.98 Å². The third-order valence-corrected chi connectivity index (χ3v) is 2.36. The van der Waals surface area contributed by atoms with Crippen LogP contribution < -0.4 is 0 Å². The first-order valence-electron chi connectivity index (χ1n) is 4.38. The SMILES string of the molecule is CCc1ccc2c(C)c[nH]c2c1. The van der Waals surface area contributed by atoms with Crippen molar-refractivity contribution in [1.29, 1.82) is 0 Å². The molecule has 0 fully saturated rings. The summed E-state index contributed by atoms with van der Waals surface area (Å²) in [5.41, 5.74) is 3.98. The molecular formula is C11H13N. The first-order valence-corrected chi connectivity index (χ1v) is 4.38. The average Bonchev–Trinajstić information content (AvgIpc) is 2.47. The number of hydrogen-bond acceptors (Lipinski definition) is 0. The van der Waals surface area contributed by atoms with Crippen molar-refractivity contribution in [2.45, 2.75) is 20.3 Å². The summed E-state index contributed by atoms with van der Waals surface area (Å²) in [6.07, 6.45) is 3.16. The van der Waals surface area contributed by atoms with Gasteiger partial charge in [0.15, 0.2) is 0 Å². The average molecular weight is 159 g/mol. The van der Waals surface area contributed by atoms with Crippen molar-refractivity contribution >= 4 is 10.9 Å². The van der Waals surface area contributed by atoms with Crippen LogP contribution in [-0.2, 0) is 6.42 Å². The maximum absolute atomic E-state index is 3.26. The van der Waals surface area contributed by atoms with E-state index in [2.05, 4.69) is 43.2 Å². The van der Waals surface area contributed by atoms with E-state index in [1.165, 1.54) is 22.0 Å². The fraction of sp³-hybridized carbons (Fsp3) is 0.273. The van der Waals surface area contributed by atoms with Gasteiger partial charge in [0.2, 0.25) is 0 Å². The van der Waals surface area contributed by atoms with Crippen molar-refractivity contribution in [1.82, 2.24) is 4.98 Å². The molecule has 0 aliphatic carbocycles. The molecule has 0 atom stereocenters. The smallest absolute Gasteiger partial charge is 0.0459 e. The monoisotopic (exact) mass is 159 g/mol. The lowest BCUT2D eigenvalue weighted by atomic mass is 10.1. The van der Waals surface area contributed by atoms with Gasteiger partial charge in [-0.2, -0.15) is 0 Å². The Bertz CT molecular complexity index is 398. The summed E-state index contributed by atoms with van der Waals surface area (Å²) in [6.45, 7) is 4.31. The Labute approximate surface area is 72.4 Å². The van der Waals surface area contributed by atoms with Gasteiger partial charge in [0.1, 0.15) is 0 Å². The summed E-state index contributed by atoms with van der Waals surface area (Å²) in [4.78, 5) is 3.26. The van der Waals surface area contributed by atoms with E-state index in [0.29, 0.717) is 0 Å². The van der Waals surface area contributed by atoms with Gasteiger partial charge < -0.3 is 4.98 Å². The van der Waals surface area contributed by atoms with Crippen molar-refractivity contribution < 1.29 is 0 Å². The molecule has 12 heavy (non-hydrogen) atoms. The normalized spacial score (nSPS) is 10.8. The van der Waals surface area contributed by atoms with E-state index >= 15 is 0 Å². The van der Waals surface area contributed by atoms with E-state index in [4.69, 9.17) is 0 Å². The fourth-order valence-corrected chi connectivity index (χ4v) is 1.54. The zero-order valence-electron chi connectivity index (χ0n) is 7.52. The Hall–Kier alpha value is -1.24. The summed E-state index contributed by atoms with van der Waals surface area (Å²) in [5, 5.41) is 1.34. The standard InChI is InChI=1S/C11H13N/c1-3-9-4-5-10-8(2)7-12-11(10)6-9/h4-7,12H,3H2,1-2H3. The predicted molar refractivity (Wildman–Crippen MR) is 52.4 cm³/mol. The Morgan fingerprint density at radius 1 is 1.33 bits per heavy atom. The van der Waals surface area contributed by atoms with Gasteiger partial charge in [0.05, 0.1) is 0 Å². The van der Waals surface area contributed by atoms with Crippen LogP contribution in [0.2, 0.25) is 0 Å². The molecule has 62 valence electrons. The summed E-state index contributed by atoms with van der Waals surface area (Å²) in [6, 6.07) is 6.62. The molecule has 1 aromatic heterocycles. The molecule has 0 aliphatic rings. The molecule has 2 rings (SSSR count). The maximum atomic E-state index is 3.26. The van der Waals surface area contributed by atoms with Crippen molar-refractivity contribution in [3.8, 4) is 0 Å². The Balaban J connectivity index is 2.69. The highest BCUT2D eigenvalue weighted by Crippen LogP contribution is 2.18. The van der Waals surface area contributed by atoms with Crippen molar-refractivity contribution in [2.24, 2.45) is 0 Å². The number of rotatable bonds is 1. The molecule has 0 radical (unpaired) electrons. The lowest BCUT2D eigenvalue weighted by molar-refractivity contribution is 1.14. The number of fused-ring (bicyclic) bond motifs is 1. The summed E-state index contributed by atoms with van der Waals surface area (Å²) in [5.74, 6) is 0. The quantitative estimate of drug-likeness (QED) is 0.658. The summed E-state index contributed by atoms with van der Waals surface area (Å²) >= 11 is 0. The minimum Gasteiger partial charge on any atom is -0.361 e. The minimum absolute atomic E-state index is 1.11. The molecule has 0 bridgehead atoms. The van der Waals surface area contributed by atoms with Crippen LogP contribution in [0.25, 0.3) is 10.9 Å². The fourth-order valence-electron chi connectivity index (χ4n) is 1.54. The molecule has 0 saturated heterocycles. The number of nitrogens with one attached hydrogen (secondary N) is 1. The van der Waals surface area contributed by atoms with Crippen molar-refractivity contribution in [3.63, 3.8) is 0 Å². The van der Waals surface area contributed by atoms with E-state index < -0.39 is 0 Å². The molecule has 0 amide bonds. The first-order chi connectivity index (χ1) is 5.81. The van der Waals surface area contributed by atoms with E-state index in [-0.39, 0.29) is 0 Å². The van der Waals surface area contributed by atoms with E-state index in [1.807, 2.05) is 0 Å². The van der Waals surface area contributed by atoms with Gasteiger partial charge in [-0.15, -0.1) is 0 Å². The highest BCUT2D eigenvalue weighted by Gasteiger charge is 1.98. The molecule has 1 heterocycles. The molecule has 1 N–H and O–H groups in total. The van der Waals surface area contributed by atoms with Crippen molar-refractivity contribution in [2.75, 3.05) is 0 Å². The van der Waals surface area contributed by atoms with E-state index in [1.54, 1.807) is 0 Å². The second kappa shape index (κ2) is 2.67. The predicted octanol–water partition coefficient (Wildman–Crippen LogP) is 3.04. The van der Waals surface area contributed by atoms with Crippen LogP contribution >= 0.6 is 0 Å². The molecule has 0 saturated carbocycles. The topological polar surface area (TPSA) is 15.8 Å². The zero-order valence-corrected chi connectivity index (χ0v) is 7.52. The molecule has 0 spiro atoms. The van der Waals surface area contributed by atoms with Crippen LogP contribution in [0, 0.1) is 6.92 Å². The zero-order chi connectivity index (χ0) is 8.55. The number of aryl methyl sites for hydroxylation is 2. The lowest BCUT2D eigenvalue weighted by Gasteiger charge is -1.96. The maximum Gasteiger partial charge on any atom is 0.0459 e. The van der Waals surface area contributed by atoms with Gasteiger partial charge >= 0.3 is 0 Å². The second-order valence-corrected chi connectivity index (χ2v) is 3.21. The third-order valence-electron chi connectivity index (χ3n) is 2.36. The highest BCUT2D eigenvalue weighted by atomic mass is 14.7. The molecule has 0 aliphatic heterocycles. The van der Waals surface area contributed by atoms with Crippen LogP contribution in [0.3, 0.4) is 0 Å². The van der Waals surface area contributed by atoms with Gasteiger partial charge in [0, 0.05) is 17.1 Å². The molecular weight excluding hydrogens is 146 g/mol. The van der Waals surface area contributed by atoms with Gasteiger partial charge in [-0.1, -0.05) is 19.1 Å². The molecule has 2 aromatic rings. The van der Waals surface area contributed by atoms with Crippen LogP contribution in [0.1, 0.15) is 18.1 Å². The molecule has 1 aromatic carbocycles.